The van der Waals surface area contributed by atoms with Gasteiger partial charge in [-0.15, -0.1) is 0 Å². The first kappa shape index (κ1) is 19.9. The maximum absolute atomic E-state index is 12.9. The van der Waals surface area contributed by atoms with Crippen molar-refractivity contribution in [1.82, 2.24) is 14.8 Å². The number of likely N-dealkylation sites (tertiary alicyclic amines) is 1. The summed E-state index contributed by atoms with van der Waals surface area (Å²) in [7, 11) is 0. The van der Waals surface area contributed by atoms with Gasteiger partial charge < -0.3 is 15.3 Å². The molecule has 1 unspecified atom stereocenters. The van der Waals surface area contributed by atoms with E-state index in [0.29, 0.717) is 24.5 Å². The number of aliphatic hydroxyl groups excluding tert-OH is 1. The molecule has 0 bridgehead atoms. The Hall–Kier alpha value is -2.44. The van der Waals surface area contributed by atoms with Crippen molar-refractivity contribution < 1.29 is 9.90 Å². The molecule has 1 aromatic heterocycles. The van der Waals surface area contributed by atoms with Crippen LogP contribution >= 0.6 is 0 Å². The minimum absolute atomic E-state index is 0.0300. The van der Waals surface area contributed by atoms with Gasteiger partial charge in [0.25, 0.3) is 5.91 Å². The number of nitrogens with zero attached hydrogens (tertiary/aromatic N) is 3. The molecule has 0 spiro atoms. The highest BCUT2D eigenvalue weighted by Crippen LogP contribution is 2.20. The Balaban J connectivity index is 1.33. The number of carbonyl (C=O) groups is 1. The largest absolute Gasteiger partial charge is 0.390 e. The van der Waals surface area contributed by atoms with Crippen LogP contribution < -0.4 is 5.32 Å². The number of piperidine rings is 1. The average molecular weight is 395 g/mol. The number of nitrogens with one attached hydrogen (secondary N) is 1. The Labute approximate surface area is 172 Å². The lowest BCUT2D eigenvalue weighted by Crippen LogP contribution is -2.39. The fourth-order valence-electron chi connectivity index (χ4n) is 4.27. The van der Waals surface area contributed by atoms with Gasteiger partial charge in [0, 0.05) is 45.5 Å². The molecule has 4 rings (SSSR count). The lowest BCUT2D eigenvalue weighted by molar-refractivity contribution is 0.0724. The highest BCUT2D eigenvalue weighted by molar-refractivity contribution is 5.98. The van der Waals surface area contributed by atoms with Crippen molar-refractivity contribution in [3.05, 3.63) is 59.3 Å². The molecule has 2 aromatic rings. The van der Waals surface area contributed by atoms with Crippen LogP contribution in [0, 0.1) is 0 Å². The summed E-state index contributed by atoms with van der Waals surface area (Å²) in [6.07, 6.45) is 5.49. The zero-order valence-corrected chi connectivity index (χ0v) is 16.9. The van der Waals surface area contributed by atoms with E-state index in [1.54, 1.807) is 12.3 Å². The van der Waals surface area contributed by atoms with Crippen molar-refractivity contribution in [2.45, 2.75) is 38.3 Å². The molecular formula is C23H30N4O2. The molecule has 6 nitrogen and oxygen atoms in total. The normalized spacial score (nSPS) is 18.2. The smallest absolute Gasteiger partial charge is 0.257 e. The molecule has 1 atom stereocenters. The van der Waals surface area contributed by atoms with E-state index >= 15 is 0 Å². The van der Waals surface area contributed by atoms with Gasteiger partial charge >= 0.3 is 0 Å². The Morgan fingerprint density at radius 1 is 1.07 bits per heavy atom. The van der Waals surface area contributed by atoms with E-state index in [9.17, 15) is 9.90 Å². The molecule has 1 saturated heterocycles. The van der Waals surface area contributed by atoms with Gasteiger partial charge in [0.15, 0.2) is 0 Å². The number of aromatic nitrogens is 1. The summed E-state index contributed by atoms with van der Waals surface area (Å²) in [6, 6.07) is 12.1. The third-order valence-electron chi connectivity index (χ3n) is 5.87. The number of β-amino-alcohol motifs (C(OH)–C–C–N with tert-alkyl or cyclic N) is 1. The summed E-state index contributed by atoms with van der Waals surface area (Å²) >= 11 is 0. The molecule has 1 amide bonds. The molecule has 2 aliphatic heterocycles. The topological polar surface area (TPSA) is 68.7 Å². The maximum atomic E-state index is 12.9. The van der Waals surface area contributed by atoms with Crippen LogP contribution in [0.25, 0.3) is 0 Å². The molecule has 6 heteroatoms. The highest BCUT2D eigenvalue weighted by atomic mass is 16.3. The molecule has 3 heterocycles. The number of amides is 1. The molecule has 2 N–H and O–H groups in total. The van der Waals surface area contributed by atoms with Crippen LogP contribution in [0.3, 0.4) is 0 Å². The number of rotatable bonds is 6. The molecule has 2 aliphatic rings. The summed E-state index contributed by atoms with van der Waals surface area (Å²) in [6.45, 7) is 4.42. The molecule has 29 heavy (non-hydrogen) atoms. The van der Waals surface area contributed by atoms with Crippen molar-refractivity contribution in [2.24, 2.45) is 0 Å². The molecule has 0 radical (unpaired) electrons. The molecular weight excluding hydrogens is 364 g/mol. The van der Waals surface area contributed by atoms with Gasteiger partial charge in [-0.2, -0.15) is 0 Å². The molecule has 154 valence electrons. The van der Waals surface area contributed by atoms with Gasteiger partial charge in [0.1, 0.15) is 5.82 Å². The van der Waals surface area contributed by atoms with Crippen molar-refractivity contribution in [3.63, 3.8) is 0 Å². The number of carbonyl (C=O) groups excluding carboxylic acids is 1. The number of hydrogen-bond acceptors (Lipinski definition) is 5. The lowest BCUT2D eigenvalue weighted by atomic mass is 10.00. The predicted molar refractivity (Wildman–Crippen MR) is 114 cm³/mol. The van der Waals surface area contributed by atoms with Gasteiger partial charge in [-0.1, -0.05) is 24.3 Å². The Morgan fingerprint density at radius 2 is 1.86 bits per heavy atom. The van der Waals surface area contributed by atoms with E-state index in [1.165, 1.54) is 17.5 Å². The fraction of sp³-hybridized carbons (Fsp3) is 0.478. The number of pyridine rings is 1. The van der Waals surface area contributed by atoms with Crippen LogP contribution in [0.5, 0.6) is 0 Å². The molecule has 0 saturated carbocycles. The maximum Gasteiger partial charge on any atom is 0.257 e. The van der Waals surface area contributed by atoms with Gasteiger partial charge in [-0.25, -0.2) is 4.98 Å². The summed E-state index contributed by atoms with van der Waals surface area (Å²) in [5.74, 6) is 0.591. The van der Waals surface area contributed by atoms with Gasteiger partial charge in [0.2, 0.25) is 0 Å². The predicted octanol–water partition coefficient (Wildman–Crippen LogP) is 2.54. The summed E-state index contributed by atoms with van der Waals surface area (Å²) in [5, 5.41) is 13.8. The Bertz CT molecular complexity index is 835. The average Bonchev–Trinajstić information content (AvgIpc) is 2.78. The van der Waals surface area contributed by atoms with Crippen molar-refractivity contribution in [2.75, 3.05) is 38.0 Å². The van der Waals surface area contributed by atoms with E-state index in [2.05, 4.69) is 39.5 Å². The number of benzene rings is 1. The number of fused-ring (bicyclic) bond motifs is 1. The fourth-order valence-corrected chi connectivity index (χ4v) is 4.27. The standard InChI is InChI=1S/C23H30N4O2/c28-20(17-26-14-10-18-7-2-3-8-19(18)16-26)15-25-22-21(9-6-11-24-22)23(29)27-12-4-1-5-13-27/h2-3,6-9,11,20,28H,1,4-5,10,12-17H2,(H,24,25). The monoisotopic (exact) mass is 394 g/mol. The SMILES string of the molecule is O=C(c1cccnc1NCC(O)CN1CCc2ccccc2C1)N1CCCCC1. The number of aliphatic hydroxyl groups is 1. The molecule has 1 aromatic carbocycles. The van der Waals surface area contributed by atoms with Gasteiger partial charge in [0.05, 0.1) is 11.7 Å². The van der Waals surface area contributed by atoms with E-state index in [-0.39, 0.29) is 5.91 Å². The summed E-state index contributed by atoms with van der Waals surface area (Å²) < 4.78 is 0. The van der Waals surface area contributed by atoms with Gasteiger partial charge in [-0.3, -0.25) is 9.69 Å². The van der Waals surface area contributed by atoms with Crippen LogP contribution in [-0.4, -0.2) is 64.6 Å². The minimum atomic E-state index is -0.528. The second kappa shape index (κ2) is 9.37. The highest BCUT2D eigenvalue weighted by Gasteiger charge is 2.22. The van der Waals surface area contributed by atoms with Crippen LogP contribution in [0.15, 0.2) is 42.6 Å². The zero-order chi connectivity index (χ0) is 20.1. The quantitative estimate of drug-likeness (QED) is 0.788. The van der Waals surface area contributed by atoms with E-state index in [1.807, 2.05) is 11.0 Å². The second-order valence-corrected chi connectivity index (χ2v) is 8.04. The molecule has 1 fully saturated rings. The zero-order valence-electron chi connectivity index (χ0n) is 16.9. The van der Waals surface area contributed by atoms with Crippen molar-refractivity contribution >= 4 is 11.7 Å². The van der Waals surface area contributed by atoms with Crippen LogP contribution in [-0.2, 0) is 13.0 Å². The first-order valence-corrected chi connectivity index (χ1v) is 10.7. The first-order chi connectivity index (χ1) is 14.2. The summed E-state index contributed by atoms with van der Waals surface area (Å²) in [5.41, 5.74) is 3.34. The second-order valence-electron chi connectivity index (χ2n) is 8.04. The van der Waals surface area contributed by atoms with Crippen LogP contribution in [0.2, 0.25) is 0 Å². The Morgan fingerprint density at radius 3 is 2.69 bits per heavy atom. The van der Waals surface area contributed by atoms with Crippen LogP contribution in [0.4, 0.5) is 5.82 Å². The minimum Gasteiger partial charge on any atom is -0.390 e. The van der Waals surface area contributed by atoms with E-state index in [0.717, 1.165) is 45.4 Å². The number of hydrogen-bond donors (Lipinski definition) is 2. The van der Waals surface area contributed by atoms with Crippen LogP contribution in [0.1, 0.15) is 40.7 Å². The van der Waals surface area contributed by atoms with Crippen molar-refractivity contribution in [3.8, 4) is 0 Å². The third-order valence-corrected chi connectivity index (χ3v) is 5.87. The number of anilines is 1. The van der Waals surface area contributed by atoms with E-state index < -0.39 is 6.10 Å². The van der Waals surface area contributed by atoms with Gasteiger partial charge in [-0.05, 0) is 48.9 Å². The lowest BCUT2D eigenvalue weighted by Gasteiger charge is -2.30. The Kier molecular flexibility index (Phi) is 6.42. The first-order valence-electron chi connectivity index (χ1n) is 10.7. The van der Waals surface area contributed by atoms with E-state index in [4.69, 9.17) is 0 Å². The molecule has 0 aliphatic carbocycles. The van der Waals surface area contributed by atoms with Crippen molar-refractivity contribution in [1.29, 1.82) is 0 Å². The third kappa shape index (κ3) is 4.95. The summed E-state index contributed by atoms with van der Waals surface area (Å²) in [4.78, 5) is 21.4.